The van der Waals surface area contributed by atoms with Crippen LogP contribution in [-0.2, 0) is 9.53 Å². The van der Waals surface area contributed by atoms with Gasteiger partial charge in [0.25, 0.3) is 0 Å². The number of morpholine rings is 1. The van der Waals surface area contributed by atoms with Crippen molar-refractivity contribution in [1.29, 1.82) is 0 Å². The third-order valence-corrected chi connectivity index (χ3v) is 4.29. The summed E-state index contributed by atoms with van der Waals surface area (Å²) in [7, 11) is 0. The molecule has 0 aromatic heterocycles. The van der Waals surface area contributed by atoms with Crippen molar-refractivity contribution >= 4 is 5.91 Å². The lowest BCUT2D eigenvalue weighted by Gasteiger charge is -2.47. The van der Waals surface area contributed by atoms with E-state index in [2.05, 4.69) is 10.2 Å². The molecule has 2 saturated heterocycles. The molecule has 0 bridgehead atoms. The Morgan fingerprint density at radius 1 is 1.38 bits per heavy atom. The molecule has 1 N–H and O–H groups in total. The first kappa shape index (κ1) is 10.5. The van der Waals surface area contributed by atoms with Crippen LogP contribution in [0.3, 0.4) is 0 Å². The average Bonchev–Trinajstić information content (AvgIpc) is 2.90. The van der Waals surface area contributed by atoms with E-state index < -0.39 is 0 Å². The molecule has 1 atom stereocenters. The van der Waals surface area contributed by atoms with E-state index in [0.717, 1.165) is 26.1 Å². The van der Waals surface area contributed by atoms with Gasteiger partial charge in [0.15, 0.2) is 0 Å². The topological polar surface area (TPSA) is 41.6 Å². The molecule has 2 heterocycles. The van der Waals surface area contributed by atoms with E-state index in [1.807, 2.05) is 0 Å². The van der Waals surface area contributed by atoms with Crippen LogP contribution >= 0.6 is 0 Å². The molecule has 0 radical (unpaired) electrons. The highest BCUT2D eigenvalue weighted by Crippen LogP contribution is 2.35. The van der Waals surface area contributed by atoms with Gasteiger partial charge in [0.1, 0.15) is 6.61 Å². The van der Waals surface area contributed by atoms with Crippen LogP contribution in [0.15, 0.2) is 0 Å². The third-order valence-electron chi connectivity index (χ3n) is 4.29. The smallest absolute Gasteiger partial charge is 0.249 e. The minimum absolute atomic E-state index is 0.0235. The number of hydrogen-bond donors (Lipinski definition) is 1. The van der Waals surface area contributed by atoms with Gasteiger partial charge in [-0.1, -0.05) is 12.8 Å². The van der Waals surface area contributed by atoms with E-state index in [1.54, 1.807) is 0 Å². The Morgan fingerprint density at radius 3 is 2.88 bits per heavy atom. The van der Waals surface area contributed by atoms with Gasteiger partial charge in [-0.15, -0.1) is 0 Å². The number of carbonyl (C=O) groups excluding carboxylic acids is 1. The van der Waals surface area contributed by atoms with Crippen LogP contribution in [0.4, 0.5) is 0 Å². The van der Waals surface area contributed by atoms with Gasteiger partial charge in [0.2, 0.25) is 5.91 Å². The van der Waals surface area contributed by atoms with Crippen molar-refractivity contribution in [2.75, 3.05) is 26.3 Å². The van der Waals surface area contributed by atoms with Gasteiger partial charge in [-0.2, -0.15) is 0 Å². The van der Waals surface area contributed by atoms with Crippen molar-refractivity contribution in [1.82, 2.24) is 10.2 Å². The van der Waals surface area contributed by atoms with E-state index in [0.29, 0.717) is 6.04 Å². The molecule has 1 amide bonds. The van der Waals surface area contributed by atoms with Gasteiger partial charge >= 0.3 is 0 Å². The van der Waals surface area contributed by atoms with Crippen molar-refractivity contribution in [3.63, 3.8) is 0 Å². The third kappa shape index (κ3) is 1.55. The normalized spacial score (nSPS) is 36.5. The molecule has 1 aliphatic carbocycles. The van der Waals surface area contributed by atoms with Crippen LogP contribution < -0.4 is 5.32 Å². The average molecular weight is 224 g/mol. The number of amides is 1. The zero-order valence-electron chi connectivity index (χ0n) is 9.71. The molecule has 1 unspecified atom stereocenters. The zero-order valence-corrected chi connectivity index (χ0v) is 9.71. The van der Waals surface area contributed by atoms with Crippen LogP contribution in [0.2, 0.25) is 0 Å². The molecule has 0 aromatic carbocycles. The first-order valence-corrected chi connectivity index (χ1v) is 6.42. The highest BCUT2D eigenvalue weighted by Gasteiger charge is 2.48. The summed E-state index contributed by atoms with van der Waals surface area (Å²) in [6.07, 6.45) is 5.98. The lowest BCUT2D eigenvalue weighted by molar-refractivity contribution is -0.161. The Kier molecular flexibility index (Phi) is 2.64. The van der Waals surface area contributed by atoms with Gasteiger partial charge in [-0.05, 0) is 25.8 Å². The molecular formula is C12H20N2O2. The minimum atomic E-state index is -0.0235. The van der Waals surface area contributed by atoms with E-state index in [1.165, 1.54) is 25.7 Å². The van der Waals surface area contributed by atoms with Gasteiger partial charge in [-0.3, -0.25) is 4.79 Å². The molecular weight excluding hydrogens is 204 g/mol. The van der Waals surface area contributed by atoms with Crippen molar-refractivity contribution in [3.05, 3.63) is 0 Å². The Hall–Kier alpha value is -0.610. The van der Waals surface area contributed by atoms with E-state index >= 15 is 0 Å². The number of carbonyl (C=O) groups is 1. The van der Waals surface area contributed by atoms with Crippen molar-refractivity contribution in [2.45, 2.75) is 43.7 Å². The van der Waals surface area contributed by atoms with E-state index in [4.69, 9.17) is 4.74 Å². The maximum atomic E-state index is 12.1. The van der Waals surface area contributed by atoms with Gasteiger partial charge in [0.05, 0.1) is 12.1 Å². The van der Waals surface area contributed by atoms with Crippen molar-refractivity contribution in [2.24, 2.45) is 0 Å². The fourth-order valence-corrected chi connectivity index (χ4v) is 3.54. The first-order valence-electron chi connectivity index (χ1n) is 6.42. The highest BCUT2D eigenvalue weighted by atomic mass is 16.5. The summed E-state index contributed by atoms with van der Waals surface area (Å²) in [6, 6.07) is 0.483. The number of nitrogens with one attached hydrogen (secondary N) is 1. The summed E-state index contributed by atoms with van der Waals surface area (Å²) in [5, 5.41) is 3.38. The second-order valence-electron chi connectivity index (χ2n) is 5.35. The molecule has 1 spiro atoms. The maximum absolute atomic E-state index is 12.1. The Bertz CT molecular complexity index is 281. The predicted molar refractivity (Wildman–Crippen MR) is 60.1 cm³/mol. The molecule has 4 heteroatoms. The van der Waals surface area contributed by atoms with Crippen molar-refractivity contribution in [3.8, 4) is 0 Å². The van der Waals surface area contributed by atoms with E-state index in [9.17, 15) is 4.79 Å². The van der Waals surface area contributed by atoms with Crippen LogP contribution in [-0.4, -0.2) is 48.7 Å². The summed E-state index contributed by atoms with van der Waals surface area (Å²) < 4.78 is 5.48. The summed E-state index contributed by atoms with van der Waals surface area (Å²) in [5.74, 6) is 0.210. The highest BCUT2D eigenvalue weighted by molar-refractivity contribution is 5.79. The van der Waals surface area contributed by atoms with Crippen molar-refractivity contribution < 1.29 is 9.53 Å². The lowest BCUT2D eigenvalue weighted by Crippen LogP contribution is -2.63. The van der Waals surface area contributed by atoms with Gasteiger partial charge < -0.3 is 15.0 Å². The summed E-state index contributed by atoms with van der Waals surface area (Å²) in [6.45, 7) is 2.94. The molecule has 3 aliphatic rings. The molecule has 90 valence electrons. The predicted octanol–water partition coefficient (Wildman–Crippen LogP) is 0.520. The summed E-state index contributed by atoms with van der Waals surface area (Å²) in [5.41, 5.74) is -0.0235. The molecule has 2 aliphatic heterocycles. The standard InChI is InChI=1S/C12H20N2O2/c15-11-7-16-9-12(5-6-13-8-12)14(11)10-3-1-2-4-10/h10,13H,1-9H2. The number of ether oxygens (including phenoxy) is 1. The molecule has 3 fully saturated rings. The van der Waals surface area contributed by atoms with Crippen LogP contribution in [0.5, 0.6) is 0 Å². The largest absolute Gasteiger partial charge is 0.369 e. The fourth-order valence-electron chi connectivity index (χ4n) is 3.54. The monoisotopic (exact) mass is 224 g/mol. The molecule has 0 aromatic rings. The number of nitrogens with zero attached hydrogens (tertiary/aromatic N) is 1. The summed E-state index contributed by atoms with van der Waals surface area (Å²) in [4.78, 5) is 14.3. The van der Waals surface area contributed by atoms with Gasteiger partial charge in [0, 0.05) is 12.6 Å². The molecule has 4 nitrogen and oxygen atoms in total. The van der Waals surface area contributed by atoms with E-state index in [-0.39, 0.29) is 18.1 Å². The second kappa shape index (κ2) is 4.00. The van der Waals surface area contributed by atoms with Crippen LogP contribution in [0.1, 0.15) is 32.1 Å². The summed E-state index contributed by atoms with van der Waals surface area (Å²) >= 11 is 0. The fraction of sp³-hybridized carbons (Fsp3) is 0.917. The van der Waals surface area contributed by atoms with Gasteiger partial charge in [-0.25, -0.2) is 0 Å². The first-order chi connectivity index (χ1) is 7.82. The molecule has 16 heavy (non-hydrogen) atoms. The second-order valence-corrected chi connectivity index (χ2v) is 5.35. The molecule has 3 rings (SSSR count). The molecule has 1 saturated carbocycles. The lowest BCUT2D eigenvalue weighted by atomic mass is 9.93. The quantitative estimate of drug-likeness (QED) is 0.706. The Labute approximate surface area is 96.3 Å². The number of rotatable bonds is 1. The Morgan fingerprint density at radius 2 is 2.19 bits per heavy atom. The Balaban J connectivity index is 1.86. The maximum Gasteiger partial charge on any atom is 0.249 e. The number of hydrogen-bond acceptors (Lipinski definition) is 3. The zero-order chi connectivity index (χ0) is 11.0. The van der Waals surface area contributed by atoms with Crippen LogP contribution in [0.25, 0.3) is 0 Å². The SMILES string of the molecule is O=C1COCC2(CCNC2)N1C1CCCC1. The van der Waals surface area contributed by atoms with Crippen LogP contribution in [0, 0.1) is 0 Å². The minimum Gasteiger partial charge on any atom is -0.369 e.